The Morgan fingerprint density at radius 2 is 1.69 bits per heavy atom. The van der Waals surface area contributed by atoms with Crippen molar-refractivity contribution in [2.75, 3.05) is 37.2 Å². The smallest absolute Gasteiger partial charge is 0.469 e. The van der Waals surface area contributed by atoms with Crippen LogP contribution in [0.1, 0.15) is 34.5 Å². The van der Waals surface area contributed by atoms with Gasteiger partial charge >= 0.3 is 25.1 Å². The Morgan fingerprint density at radius 3 is 2.33 bits per heavy atom. The molecule has 2 aromatic heterocycles. The molecular formula is C30H34BN9O8. The summed E-state index contributed by atoms with van der Waals surface area (Å²) in [7, 11) is 2.65. The number of carbonyl (C=O) groups is 4. The lowest BCUT2D eigenvalue weighted by Gasteiger charge is -2.20. The number of anilines is 3. The van der Waals surface area contributed by atoms with Gasteiger partial charge in [0, 0.05) is 31.3 Å². The number of nitrogens with one attached hydrogen (secondary N) is 3. The molecule has 7 N–H and O–H groups in total. The van der Waals surface area contributed by atoms with Gasteiger partial charge in [-0.1, -0.05) is 24.3 Å². The van der Waals surface area contributed by atoms with Crippen molar-refractivity contribution in [2.24, 2.45) is 0 Å². The molecule has 0 unspecified atom stereocenters. The maximum atomic E-state index is 12.8. The number of urea groups is 1. The number of rotatable bonds is 13. The minimum Gasteiger partial charge on any atom is -0.469 e. The molecule has 48 heavy (non-hydrogen) atoms. The minimum atomic E-state index is -1.59. The Morgan fingerprint density at radius 1 is 0.979 bits per heavy atom. The predicted octanol–water partition coefficient (Wildman–Crippen LogP) is -0.135. The van der Waals surface area contributed by atoms with E-state index in [0.29, 0.717) is 11.2 Å². The molecule has 0 saturated heterocycles. The van der Waals surface area contributed by atoms with Gasteiger partial charge in [0.05, 0.1) is 32.7 Å². The van der Waals surface area contributed by atoms with E-state index < -0.39 is 37.0 Å². The first-order valence-corrected chi connectivity index (χ1v) is 14.5. The molecule has 0 aliphatic carbocycles. The zero-order valence-corrected chi connectivity index (χ0v) is 26.3. The third-order valence-electron chi connectivity index (χ3n) is 7.06. The van der Waals surface area contributed by atoms with Crippen molar-refractivity contribution >= 4 is 65.1 Å². The molecule has 0 aliphatic heterocycles. The summed E-state index contributed by atoms with van der Waals surface area (Å²) < 4.78 is 9.34. The summed E-state index contributed by atoms with van der Waals surface area (Å²) in [5, 5.41) is 26.4. The first kappa shape index (κ1) is 35.0. The SMILES string of the molecule is COC(=O)CC[C@H](NC(=O)c1ccc(N(C)Cc2cnc3nc(N)nc(NC(=O)NCc4ccc(B(O)O)cc4)c3n2)cc1)C(=O)OC. The van der Waals surface area contributed by atoms with Crippen LogP contribution in [-0.4, -0.2) is 88.3 Å². The molecule has 250 valence electrons. The second kappa shape index (κ2) is 16.1. The number of hydrogen-bond acceptors (Lipinski definition) is 14. The molecule has 2 aromatic carbocycles. The van der Waals surface area contributed by atoms with Crippen LogP contribution in [0.25, 0.3) is 11.2 Å². The lowest BCUT2D eigenvalue weighted by Crippen LogP contribution is -2.41. The molecule has 0 radical (unpaired) electrons. The maximum absolute atomic E-state index is 12.8. The zero-order chi connectivity index (χ0) is 34.8. The van der Waals surface area contributed by atoms with Crippen molar-refractivity contribution in [3.8, 4) is 0 Å². The van der Waals surface area contributed by atoms with E-state index in [1.165, 1.54) is 32.5 Å². The van der Waals surface area contributed by atoms with Gasteiger partial charge in [0.25, 0.3) is 5.91 Å². The van der Waals surface area contributed by atoms with Gasteiger partial charge < -0.3 is 40.8 Å². The van der Waals surface area contributed by atoms with Crippen LogP contribution in [0.3, 0.4) is 0 Å². The van der Waals surface area contributed by atoms with Gasteiger partial charge in [0.15, 0.2) is 17.0 Å². The van der Waals surface area contributed by atoms with Crippen LogP contribution in [0.5, 0.6) is 0 Å². The number of amides is 3. The average Bonchev–Trinajstić information content (AvgIpc) is 3.08. The van der Waals surface area contributed by atoms with Crippen molar-refractivity contribution in [2.45, 2.75) is 32.0 Å². The monoisotopic (exact) mass is 659 g/mol. The molecule has 2 heterocycles. The first-order chi connectivity index (χ1) is 23.0. The molecule has 17 nitrogen and oxygen atoms in total. The third kappa shape index (κ3) is 9.33. The highest BCUT2D eigenvalue weighted by Crippen LogP contribution is 2.20. The van der Waals surface area contributed by atoms with E-state index in [9.17, 15) is 29.2 Å². The summed E-state index contributed by atoms with van der Waals surface area (Å²) in [6.07, 6.45) is 1.47. The van der Waals surface area contributed by atoms with Crippen molar-refractivity contribution in [3.63, 3.8) is 0 Å². The highest BCUT2D eigenvalue weighted by atomic mass is 16.5. The molecule has 0 aliphatic rings. The Kier molecular flexibility index (Phi) is 11.7. The number of methoxy groups -OCH3 is 2. The first-order valence-electron chi connectivity index (χ1n) is 14.5. The molecule has 4 rings (SSSR count). The van der Waals surface area contributed by atoms with Gasteiger partial charge in [-0.2, -0.15) is 9.97 Å². The lowest BCUT2D eigenvalue weighted by atomic mass is 9.80. The van der Waals surface area contributed by atoms with Crippen molar-refractivity contribution in [1.29, 1.82) is 0 Å². The summed E-state index contributed by atoms with van der Waals surface area (Å²) in [5.41, 5.74) is 8.81. The second-order valence-corrected chi connectivity index (χ2v) is 10.5. The highest BCUT2D eigenvalue weighted by Gasteiger charge is 2.23. The topological polar surface area (TPSA) is 244 Å². The third-order valence-corrected chi connectivity index (χ3v) is 7.06. The van der Waals surface area contributed by atoms with Crippen LogP contribution in [0, 0.1) is 0 Å². The standard InChI is InChI=1S/C30H34BN9O8/c1-40(21-10-6-18(7-11-21)27(42)36-22(28(43)48-3)12-13-23(41)47-2)16-20-15-33-25-24(35-20)26(38-29(32)37-25)39-30(44)34-14-17-4-8-19(9-5-17)31(45)46/h4-11,15,22,45-46H,12-14,16H2,1-3H3,(H,36,42)(H4,32,33,34,37,38,39,44)/t22-/m0/s1. The molecule has 0 saturated carbocycles. The van der Waals surface area contributed by atoms with Crippen molar-refractivity contribution < 1.29 is 38.7 Å². The molecule has 0 spiro atoms. The number of nitrogens with two attached hydrogens (primary N) is 1. The fourth-order valence-electron chi connectivity index (χ4n) is 4.46. The second-order valence-electron chi connectivity index (χ2n) is 10.5. The number of aromatic nitrogens is 4. The van der Waals surface area contributed by atoms with E-state index in [4.69, 9.17) is 10.5 Å². The van der Waals surface area contributed by atoms with E-state index in [-0.39, 0.29) is 54.4 Å². The molecule has 0 fully saturated rings. The Labute approximate surface area is 275 Å². The van der Waals surface area contributed by atoms with Crippen molar-refractivity contribution in [1.82, 2.24) is 30.6 Å². The van der Waals surface area contributed by atoms with Crippen molar-refractivity contribution in [3.05, 3.63) is 71.5 Å². The summed E-state index contributed by atoms with van der Waals surface area (Å²) in [5.74, 6) is -1.77. The number of benzene rings is 2. The van der Waals surface area contributed by atoms with E-state index in [2.05, 4.69) is 40.6 Å². The summed E-state index contributed by atoms with van der Waals surface area (Å²) in [6, 6.07) is 11.4. The number of ether oxygens (including phenoxy) is 2. The number of carbonyl (C=O) groups excluding carboxylic acids is 4. The fourth-order valence-corrected chi connectivity index (χ4v) is 4.46. The number of nitrogen functional groups attached to an aromatic ring is 1. The quantitative estimate of drug-likeness (QED) is 0.0809. The van der Waals surface area contributed by atoms with Crippen LogP contribution >= 0.6 is 0 Å². The van der Waals surface area contributed by atoms with Crippen LogP contribution in [0.2, 0.25) is 0 Å². The normalized spacial score (nSPS) is 11.3. The van der Waals surface area contributed by atoms with E-state index in [1.807, 2.05) is 4.90 Å². The van der Waals surface area contributed by atoms with Gasteiger partial charge in [-0.15, -0.1) is 0 Å². The van der Waals surface area contributed by atoms with Gasteiger partial charge in [-0.3, -0.25) is 14.9 Å². The van der Waals surface area contributed by atoms with E-state index in [1.54, 1.807) is 43.4 Å². The minimum absolute atomic E-state index is 0.0190. The van der Waals surface area contributed by atoms with Gasteiger partial charge in [0.1, 0.15) is 6.04 Å². The zero-order valence-electron chi connectivity index (χ0n) is 26.3. The number of esters is 2. The summed E-state index contributed by atoms with van der Waals surface area (Å²) in [6.45, 7) is 0.427. The predicted molar refractivity (Wildman–Crippen MR) is 175 cm³/mol. The van der Waals surface area contributed by atoms with Gasteiger partial charge in [-0.05, 0) is 41.7 Å². The fraction of sp³-hybridized carbons (Fsp3) is 0.267. The largest absolute Gasteiger partial charge is 0.488 e. The van der Waals surface area contributed by atoms with E-state index >= 15 is 0 Å². The van der Waals surface area contributed by atoms with Crippen LogP contribution in [0.4, 0.5) is 22.2 Å². The molecule has 4 aromatic rings. The van der Waals surface area contributed by atoms with Gasteiger partial charge in [-0.25, -0.2) is 19.6 Å². The Bertz CT molecular complexity index is 1780. The summed E-state index contributed by atoms with van der Waals surface area (Å²) >= 11 is 0. The molecule has 18 heteroatoms. The number of fused-ring (bicyclic) bond motifs is 1. The highest BCUT2D eigenvalue weighted by molar-refractivity contribution is 6.58. The Hall–Kier alpha value is -5.88. The van der Waals surface area contributed by atoms with Crippen LogP contribution in [0.15, 0.2) is 54.7 Å². The van der Waals surface area contributed by atoms with Crippen LogP contribution in [-0.2, 0) is 32.2 Å². The summed E-state index contributed by atoms with van der Waals surface area (Å²) in [4.78, 5) is 68.2. The molecule has 3 amide bonds. The maximum Gasteiger partial charge on any atom is 0.488 e. The lowest BCUT2D eigenvalue weighted by molar-refractivity contribution is -0.144. The average molecular weight is 659 g/mol. The van der Waals surface area contributed by atoms with Crippen LogP contribution < -0.4 is 32.0 Å². The molecular weight excluding hydrogens is 625 g/mol. The molecule has 0 bridgehead atoms. The number of hydrogen-bond donors (Lipinski definition) is 6. The number of nitrogens with zero attached hydrogens (tertiary/aromatic N) is 5. The van der Waals surface area contributed by atoms with E-state index in [0.717, 1.165) is 11.3 Å². The van der Waals surface area contributed by atoms with Gasteiger partial charge in [0.2, 0.25) is 5.95 Å². The molecule has 1 atom stereocenters. The Balaban J connectivity index is 1.41.